The molecule has 1 atom stereocenters. The topological polar surface area (TPSA) is 89.0 Å². The first-order valence-electron chi connectivity index (χ1n) is 12.0. The van der Waals surface area contributed by atoms with Gasteiger partial charge >= 0.3 is 5.91 Å². The molecule has 194 valence electrons. The lowest BCUT2D eigenvalue weighted by atomic mass is 9.95. The first-order chi connectivity index (χ1) is 18.2. The molecule has 9 heteroatoms. The van der Waals surface area contributed by atoms with Crippen LogP contribution in [0.1, 0.15) is 36.6 Å². The minimum Gasteiger partial charge on any atom is -0.507 e. The first kappa shape index (κ1) is 25.4. The molecule has 38 heavy (non-hydrogen) atoms. The Hall–Kier alpha value is -4.24. The number of hydrogen-bond donors (Lipinski definition) is 1. The average Bonchev–Trinajstić information content (AvgIpc) is 3.42. The lowest BCUT2D eigenvalue weighted by molar-refractivity contribution is -0.132. The summed E-state index contributed by atoms with van der Waals surface area (Å²) in [6.45, 7) is 5.68. The number of nitrogens with zero attached hydrogens (tertiary/aromatic N) is 2. The van der Waals surface area contributed by atoms with Crippen LogP contribution in [0.3, 0.4) is 0 Å². The molecule has 4 aromatic rings. The van der Waals surface area contributed by atoms with Crippen LogP contribution in [0.2, 0.25) is 0 Å². The summed E-state index contributed by atoms with van der Waals surface area (Å²) >= 11 is 1.10. The summed E-state index contributed by atoms with van der Waals surface area (Å²) in [5.41, 5.74) is 2.15. The van der Waals surface area contributed by atoms with E-state index in [1.165, 1.54) is 30.2 Å². The molecule has 1 aromatic heterocycles. The fraction of sp³-hybridized carbons (Fsp3) is 0.207. The normalized spacial score (nSPS) is 17.0. The minimum atomic E-state index is -0.960. The summed E-state index contributed by atoms with van der Waals surface area (Å²) in [7, 11) is 1.54. The molecule has 1 aliphatic heterocycles. The van der Waals surface area contributed by atoms with E-state index in [2.05, 4.69) is 4.98 Å². The SMILES string of the molecule is COc1ccc(C2/C(=C(\O)c3ccc(OC(C)C)c(C)c3)C(=O)C(=O)N2c2nc3ccc(F)cc3s2)cc1. The number of benzene rings is 3. The zero-order valence-corrected chi connectivity index (χ0v) is 22.0. The van der Waals surface area contributed by atoms with Gasteiger partial charge in [-0.1, -0.05) is 23.5 Å². The van der Waals surface area contributed by atoms with Gasteiger partial charge in [0.05, 0.1) is 35.0 Å². The lowest BCUT2D eigenvalue weighted by Crippen LogP contribution is -2.29. The predicted octanol–water partition coefficient (Wildman–Crippen LogP) is 6.17. The Kier molecular flexibility index (Phi) is 6.62. The van der Waals surface area contributed by atoms with Crippen molar-refractivity contribution >= 4 is 44.1 Å². The van der Waals surface area contributed by atoms with Crippen molar-refractivity contribution < 1.29 is 28.6 Å². The number of amides is 1. The standard InChI is InChI=1S/C29H25FN2O5S/c1-15(2)37-22-12-7-18(13-16(22)3)26(33)24-25(17-5-9-20(36-4)10-6-17)32(28(35)27(24)34)29-31-21-11-8-19(30)14-23(21)38-29/h5-15,25,33H,1-4H3/b26-24+. The maximum absolute atomic E-state index is 13.8. The highest BCUT2D eigenvalue weighted by atomic mass is 32.1. The number of aliphatic hydroxyl groups excluding tert-OH is 1. The van der Waals surface area contributed by atoms with Gasteiger partial charge in [0, 0.05) is 5.56 Å². The average molecular weight is 533 g/mol. The van der Waals surface area contributed by atoms with Gasteiger partial charge in [-0.2, -0.15) is 0 Å². The lowest BCUT2D eigenvalue weighted by Gasteiger charge is -2.23. The smallest absolute Gasteiger partial charge is 0.301 e. The van der Waals surface area contributed by atoms with E-state index in [9.17, 15) is 19.1 Å². The van der Waals surface area contributed by atoms with Crippen LogP contribution >= 0.6 is 11.3 Å². The van der Waals surface area contributed by atoms with E-state index in [4.69, 9.17) is 9.47 Å². The second-order valence-corrected chi connectivity index (χ2v) is 10.2. The van der Waals surface area contributed by atoms with Gasteiger partial charge in [-0.05, 0) is 80.4 Å². The highest BCUT2D eigenvalue weighted by Gasteiger charge is 2.48. The van der Waals surface area contributed by atoms with Crippen molar-refractivity contribution in [3.63, 3.8) is 0 Å². The third-order valence-electron chi connectivity index (χ3n) is 6.23. The minimum absolute atomic E-state index is 0.0316. The van der Waals surface area contributed by atoms with Crippen LogP contribution in [0.5, 0.6) is 11.5 Å². The van der Waals surface area contributed by atoms with Crippen molar-refractivity contribution in [2.24, 2.45) is 0 Å². The van der Waals surface area contributed by atoms with E-state index in [1.807, 2.05) is 20.8 Å². The molecule has 7 nitrogen and oxygen atoms in total. The second kappa shape index (κ2) is 9.90. The molecule has 1 N–H and O–H groups in total. The number of Topliss-reactive ketones (excluding diaryl/α,β-unsaturated/α-hetero) is 1. The monoisotopic (exact) mass is 532 g/mol. The maximum atomic E-state index is 13.8. The zero-order chi connectivity index (χ0) is 27.1. The van der Waals surface area contributed by atoms with Crippen LogP contribution in [0.25, 0.3) is 16.0 Å². The molecule has 1 aliphatic rings. The number of carbonyl (C=O) groups excluding carboxylic acids is 2. The molecule has 2 heterocycles. The number of methoxy groups -OCH3 is 1. The number of rotatable bonds is 6. The molecule has 1 amide bonds. The van der Waals surface area contributed by atoms with Gasteiger partial charge in [0.25, 0.3) is 5.78 Å². The number of aliphatic hydroxyl groups is 1. The molecule has 1 saturated heterocycles. The Bertz CT molecular complexity index is 1590. The Balaban J connectivity index is 1.68. The fourth-order valence-electron chi connectivity index (χ4n) is 4.46. The highest BCUT2D eigenvalue weighted by molar-refractivity contribution is 7.22. The van der Waals surface area contributed by atoms with Gasteiger partial charge in [-0.25, -0.2) is 9.37 Å². The van der Waals surface area contributed by atoms with Crippen LogP contribution in [0.4, 0.5) is 9.52 Å². The number of fused-ring (bicyclic) bond motifs is 1. The van der Waals surface area contributed by atoms with Crippen LogP contribution in [-0.2, 0) is 9.59 Å². The van der Waals surface area contributed by atoms with Crippen molar-refractivity contribution in [1.29, 1.82) is 0 Å². The number of anilines is 1. The quantitative estimate of drug-likeness (QED) is 0.182. The number of thiazole rings is 1. The van der Waals surface area contributed by atoms with Gasteiger partial charge in [0.15, 0.2) is 5.13 Å². The van der Waals surface area contributed by atoms with E-state index >= 15 is 0 Å². The summed E-state index contributed by atoms with van der Waals surface area (Å²) in [5.74, 6) is -1.15. The van der Waals surface area contributed by atoms with E-state index < -0.39 is 23.5 Å². The highest BCUT2D eigenvalue weighted by Crippen LogP contribution is 2.44. The van der Waals surface area contributed by atoms with Crippen LogP contribution in [0, 0.1) is 12.7 Å². The van der Waals surface area contributed by atoms with Crippen molar-refractivity contribution in [3.8, 4) is 11.5 Å². The number of aromatic nitrogens is 1. The first-order valence-corrected chi connectivity index (χ1v) is 12.8. The molecule has 0 saturated carbocycles. The number of ether oxygens (including phenoxy) is 2. The number of ketones is 1. The number of carbonyl (C=O) groups is 2. The van der Waals surface area contributed by atoms with Crippen molar-refractivity contribution in [3.05, 3.63) is 88.7 Å². The third-order valence-corrected chi connectivity index (χ3v) is 7.25. The molecule has 0 radical (unpaired) electrons. The molecule has 0 bridgehead atoms. The van der Waals surface area contributed by atoms with Crippen molar-refractivity contribution in [1.82, 2.24) is 4.98 Å². The fourth-order valence-corrected chi connectivity index (χ4v) is 5.48. The molecule has 0 spiro atoms. The molecule has 0 aliphatic carbocycles. The van der Waals surface area contributed by atoms with E-state index in [-0.39, 0.29) is 22.6 Å². The molecular weight excluding hydrogens is 507 g/mol. The van der Waals surface area contributed by atoms with E-state index in [0.717, 1.165) is 16.9 Å². The van der Waals surface area contributed by atoms with Gasteiger partial charge in [0.1, 0.15) is 23.1 Å². The van der Waals surface area contributed by atoms with Crippen molar-refractivity contribution in [2.45, 2.75) is 32.9 Å². The van der Waals surface area contributed by atoms with Crippen LogP contribution in [0.15, 0.2) is 66.2 Å². The Morgan fingerprint density at radius 2 is 1.82 bits per heavy atom. The molecular formula is C29H25FN2O5S. The summed E-state index contributed by atoms with van der Waals surface area (Å²) < 4.78 is 25.4. The van der Waals surface area contributed by atoms with Crippen LogP contribution in [-0.4, -0.2) is 35.0 Å². The summed E-state index contributed by atoms with van der Waals surface area (Å²) in [4.78, 5) is 32.6. The van der Waals surface area contributed by atoms with E-state index in [1.54, 1.807) is 42.5 Å². The Labute approximate surface area is 222 Å². The molecule has 1 fully saturated rings. The summed E-state index contributed by atoms with van der Waals surface area (Å²) in [5, 5.41) is 11.7. The molecule has 3 aromatic carbocycles. The predicted molar refractivity (Wildman–Crippen MR) is 144 cm³/mol. The summed E-state index contributed by atoms with van der Waals surface area (Å²) in [6, 6.07) is 15.2. The molecule has 1 unspecified atom stereocenters. The van der Waals surface area contributed by atoms with Gasteiger partial charge in [-0.15, -0.1) is 0 Å². The largest absolute Gasteiger partial charge is 0.507 e. The second-order valence-electron chi connectivity index (χ2n) is 9.20. The number of aryl methyl sites for hydroxylation is 1. The molecule has 5 rings (SSSR count). The van der Waals surface area contributed by atoms with Gasteiger partial charge < -0.3 is 14.6 Å². The van der Waals surface area contributed by atoms with Crippen LogP contribution < -0.4 is 14.4 Å². The maximum Gasteiger partial charge on any atom is 0.301 e. The van der Waals surface area contributed by atoms with Crippen molar-refractivity contribution in [2.75, 3.05) is 12.0 Å². The third kappa shape index (κ3) is 4.50. The summed E-state index contributed by atoms with van der Waals surface area (Å²) in [6.07, 6.45) is -0.0316. The zero-order valence-electron chi connectivity index (χ0n) is 21.2. The number of hydrogen-bond acceptors (Lipinski definition) is 7. The Morgan fingerprint density at radius 1 is 1.08 bits per heavy atom. The Morgan fingerprint density at radius 3 is 2.47 bits per heavy atom. The van der Waals surface area contributed by atoms with E-state index in [0.29, 0.717) is 32.8 Å². The van der Waals surface area contributed by atoms with Gasteiger partial charge in [0.2, 0.25) is 0 Å². The number of halogens is 1. The van der Waals surface area contributed by atoms with Gasteiger partial charge in [-0.3, -0.25) is 14.5 Å².